The zero-order valence-corrected chi connectivity index (χ0v) is 14.3. The van der Waals surface area contributed by atoms with Gasteiger partial charge in [0, 0.05) is 12.6 Å². The Morgan fingerprint density at radius 1 is 1.08 bits per heavy atom. The van der Waals surface area contributed by atoms with Gasteiger partial charge in [-0.05, 0) is 44.0 Å². The molecule has 0 fully saturated rings. The van der Waals surface area contributed by atoms with E-state index in [1.165, 1.54) is 19.1 Å². The number of ether oxygens (including phenoxy) is 1. The number of carbonyl (C=O) groups is 2. The summed E-state index contributed by atoms with van der Waals surface area (Å²) in [5.74, 6) is -1.05. The molecule has 1 amide bonds. The van der Waals surface area contributed by atoms with Gasteiger partial charge in [-0.15, -0.1) is 0 Å². The number of hydrogen-bond donors (Lipinski definition) is 1. The van der Waals surface area contributed by atoms with Crippen LogP contribution >= 0.6 is 0 Å². The molecule has 7 heteroatoms. The number of halogens is 3. The van der Waals surface area contributed by atoms with Crippen LogP contribution in [0.15, 0.2) is 24.3 Å². The molecule has 0 saturated carbocycles. The van der Waals surface area contributed by atoms with Gasteiger partial charge in [-0.3, -0.25) is 9.59 Å². The van der Waals surface area contributed by atoms with Crippen LogP contribution in [0.5, 0.6) is 0 Å². The van der Waals surface area contributed by atoms with Crippen molar-refractivity contribution in [1.29, 1.82) is 0 Å². The van der Waals surface area contributed by atoms with Crippen molar-refractivity contribution in [2.45, 2.75) is 46.9 Å². The van der Waals surface area contributed by atoms with Crippen molar-refractivity contribution in [2.24, 2.45) is 11.3 Å². The Hall–Kier alpha value is -2.05. The lowest BCUT2D eigenvalue weighted by molar-refractivity contribution is -0.159. The lowest BCUT2D eigenvalue weighted by atomic mass is 9.79. The first-order valence-corrected chi connectivity index (χ1v) is 7.51. The Kier molecular flexibility index (Phi) is 6.03. The number of hydrogen-bond acceptors (Lipinski definition) is 3. The van der Waals surface area contributed by atoms with Crippen molar-refractivity contribution >= 4 is 17.6 Å². The van der Waals surface area contributed by atoms with Crippen LogP contribution in [0.2, 0.25) is 0 Å². The Balaban J connectivity index is 2.93. The predicted octanol–water partition coefficient (Wildman–Crippen LogP) is 4.26. The average Bonchev–Trinajstić information content (AvgIpc) is 2.43. The molecule has 0 aliphatic rings. The summed E-state index contributed by atoms with van der Waals surface area (Å²) in [5.41, 5.74) is -1.60. The van der Waals surface area contributed by atoms with Crippen LogP contribution in [0.25, 0.3) is 0 Å². The topological polar surface area (TPSA) is 55.4 Å². The maximum absolute atomic E-state index is 12.6. The Morgan fingerprint density at radius 3 is 1.96 bits per heavy atom. The highest BCUT2D eigenvalue weighted by Crippen LogP contribution is 2.32. The van der Waals surface area contributed by atoms with E-state index >= 15 is 0 Å². The van der Waals surface area contributed by atoms with Gasteiger partial charge in [-0.1, -0.05) is 13.8 Å². The third-order valence-corrected chi connectivity index (χ3v) is 3.67. The molecule has 0 aromatic heterocycles. The van der Waals surface area contributed by atoms with Gasteiger partial charge in [-0.25, -0.2) is 0 Å². The smallest absolute Gasteiger partial charge is 0.416 e. The SMILES string of the molecule is CC(=O)OC(C(C)C)C(C)(C)C(=O)Nc1ccc(C(F)(F)F)cc1. The first kappa shape index (κ1) is 20.0. The van der Waals surface area contributed by atoms with Crippen LogP contribution in [-0.2, 0) is 20.5 Å². The van der Waals surface area contributed by atoms with Crippen molar-refractivity contribution in [3.63, 3.8) is 0 Å². The molecule has 0 radical (unpaired) electrons. The molecule has 0 spiro atoms. The van der Waals surface area contributed by atoms with E-state index in [0.29, 0.717) is 0 Å². The van der Waals surface area contributed by atoms with Crippen LogP contribution in [0.1, 0.15) is 40.2 Å². The van der Waals surface area contributed by atoms with Gasteiger partial charge in [0.25, 0.3) is 0 Å². The van der Waals surface area contributed by atoms with Crippen molar-refractivity contribution in [2.75, 3.05) is 5.32 Å². The maximum Gasteiger partial charge on any atom is 0.416 e. The number of amides is 1. The Bertz CT molecular complexity index is 592. The fourth-order valence-electron chi connectivity index (χ4n) is 2.46. The van der Waals surface area contributed by atoms with Gasteiger partial charge in [0.05, 0.1) is 11.0 Å². The summed E-state index contributed by atoms with van der Waals surface area (Å²) >= 11 is 0. The van der Waals surface area contributed by atoms with E-state index in [1.54, 1.807) is 13.8 Å². The molecular weight excluding hydrogens is 323 g/mol. The average molecular weight is 345 g/mol. The van der Waals surface area contributed by atoms with E-state index < -0.39 is 35.1 Å². The highest BCUT2D eigenvalue weighted by Gasteiger charge is 2.41. The minimum absolute atomic E-state index is 0.109. The fourth-order valence-corrected chi connectivity index (χ4v) is 2.46. The molecule has 0 aliphatic carbocycles. The fraction of sp³-hybridized carbons (Fsp3) is 0.529. The Morgan fingerprint density at radius 2 is 1.58 bits per heavy atom. The summed E-state index contributed by atoms with van der Waals surface area (Å²) in [5, 5.41) is 2.57. The van der Waals surface area contributed by atoms with Gasteiger partial charge >= 0.3 is 12.1 Å². The second-order valence-electron chi connectivity index (χ2n) is 6.52. The molecule has 0 aliphatic heterocycles. The third-order valence-electron chi connectivity index (χ3n) is 3.67. The molecule has 0 saturated heterocycles. The van der Waals surface area contributed by atoms with Crippen LogP contribution < -0.4 is 5.32 Å². The number of carbonyl (C=O) groups excluding carboxylic acids is 2. The minimum Gasteiger partial charge on any atom is -0.461 e. The van der Waals surface area contributed by atoms with E-state index in [4.69, 9.17) is 4.74 Å². The van der Waals surface area contributed by atoms with Crippen molar-refractivity contribution < 1.29 is 27.5 Å². The number of alkyl halides is 3. The quantitative estimate of drug-likeness (QED) is 0.812. The molecule has 1 rings (SSSR count). The second kappa shape index (κ2) is 7.23. The number of anilines is 1. The zero-order chi connectivity index (χ0) is 18.7. The summed E-state index contributed by atoms with van der Waals surface area (Å²) < 4.78 is 42.9. The number of benzene rings is 1. The van der Waals surface area contributed by atoms with Crippen LogP contribution in [0, 0.1) is 11.3 Å². The van der Waals surface area contributed by atoms with Crippen LogP contribution in [-0.4, -0.2) is 18.0 Å². The summed E-state index contributed by atoms with van der Waals surface area (Å²) in [7, 11) is 0. The summed E-state index contributed by atoms with van der Waals surface area (Å²) in [6.45, 7) is 8.15. The molecule has 1 aromatic carbocycles. The minimum atomic E-state index is -4.43. The molecule has 0 bridgehead atoms. The van der Waals surface area contributed by atoms with Gasteiger partial charge in [0.1, 0.15) is 6.10 Å². The number of rotatable bonds is 5. The maximum atomic E-state index is 12.6. The molecule has 1 aromatic rings. The molecule has 0 heterocycles. The predicted molar refractivity (Wildman–Crippen MR) is 84.2 cm³/mol. The van der Waals surface area contributed by atoms with E-state index in [1.807, 2.05) is 13.8 Å². The molecule has 1 N–H and O–H groups in total. The van der Waals surface area contributed by atoms with E-state index in [-0.39, 0.29) is 11.6 Å². The molecule has 1 atom stereocenters. The monoisotopic (exact) mass is 345 g/mol. The molecular formula is C17H22F3NO3. The van der Waals surface area contributed by atoms with Crippen LogP contribution in [0.4, 0.5) is 18.9 Å². The van der Waals surface area contributed by atoms with Crippen LogP contribution in [0.3, 0.4) is 0 Å². The number of nitrogens with one attached hydrogen (secondary N) is 1. The summed E-state index contributed by atoms with van der Waals surface area (Å²) in [6, 6.07) is 4.17. The van der Waals surface area contributed by atoms with Gasteiger partial charge < -0.3 is 10.1 Å². The van der Waals surface area contributed by atoms with E-state index in [2.05, 4.69) is 5.32 Å². The van der Waals surface area contributed by atoms with Gasteiger partial charge in [0.15, 0.2) is 0 Å². The summed E-state index contributed by atoms with van der Waals surface area (Å²) in [4.78, 5) is 23.8. The number of esters is 1. The van der Waals surface area contributed by atoms with Crippen molar-refractivity contribution in [3.8, 4) is 0 Å². The lowest BCUT2D eigenvalue weighted by Gasteiger charge is -2.34. The van der Waals surface area contributed by atoms with Crippen molar-refractivity contribution in [3.05, 3.63) is 29.8 Å². The highest BCUT2D eigenvalue weighted by molar-refractivity contribution is 5.95. The standard InChI is InChI=1S/C17H22F3NO3/c1-10(2)14(24-11(3)22)16(4,5)15(23)21-13-8-6-12(7-9-13)17(18,19)20/h6-10,14H,1-5H3,(H,21,23). The van der Waals surface area contributed by atoms with E-state index in [0.717, 1.165) is 12.1 Å². The third kappa shape index (κ3) is 4.97. The molecule has 134 valence electrons. The molecule has 4 nitrogen and oxygen atoms in total. The lowest BCUT2D eigenvalue weighted by Crippen LogP contribution is -2.46. The largest absolute Gasteiger partial charge is 0.461 e. The first-order chi connectivity index (χ1) is 10.9. The Labute approximate surface area is 139 Å². The van der Waals surface area contributed by atoms with Gasteiger partial charge in [-0.2, -0.15) is 13.2 Å². The first-order valence-electron chi connectivity index (χ1n) is 7.51. The van der Waals surface area contributed by atoms with E-state index in [9.17, 15) is 22.8 Å². The van der Waals surface area contributed by atoms with Gasteiger partial charge in [0.2, 0.25) is 5.91 Å². The molecule has 1 unspecified atom stereocenters. The van der Waals surface area contributed by atoms with Crippen molar-refractivity contribution in [1.82, 2.24) is 0 Å². The summed E-state index contributed by atoms with van der Waals surface area (Å²) in [6.07, 6.45) is -5.09. The highest BCUT2D eigenvalue weighted by atomic mass is 19.4. The zero-order valence-electron chi connectivity index (χ0n) is 14.3. The normalized spacial score (nSPS) is 13.5. The molecule has 24 heavy (non-hydrogen) atoms. The second-order valence-corrected chi connectivity index (χ2v) is 6.52.